The highest BCUT2D eigenvalue weighted by molar-refractivity contribution is 7.93. The van der Waals surface area contributed by atoms with Crippen molar-refractivity contribution in [2.24, 2.45) is 5.92 Å². The summed E-state index contributed by atoms with van der Waals surface area (Å²) in [6, 6.07) is 8.63. The molecular formula is C22H30O3S. The monoisotopic (exact) mass is 374 g/mol. The van der Waals surface area contributed by atoms with Crippen LogP contribution in [0.4, 0.5) is 0 Å². The smallest absolute Gasteiger partial charge is 0.187 e. The van der Waals surface area contributed by atoms with Crippen LogP contribution in [0.1, 0.15) is 59.3 Å². The molecule has 0 aromatic heterocycles. The lowest BCUT2D eigenvalue weighted by atomic mass is 9.81. The topological polar surface area (TPSA) is 51.2 Å². The minimum absolute atomic E-state index is 0.0136. The molecule has 142 valence electrons. The van der Waals surface area contributed by atoms with Gasteiger partial charge in [0.15, 0.2) is 15.6 Å². The van der Waals surface area contributed by atoms with Crippen molar-refractivity contribution in [1.82, 2.24) is 0 Å². The van der Waals surface area contributed by atoms with Crippen LogP contribution in [-0.2, 0) is 14.6 Å². The van der Waals surface area contributed by atoms with Crippen LogP contribution in [0.25, 0.3) is 0 Å². The summed E-state index contributed by atoms with van der Waals surface area (Å²) in [5.74, 6) is -0.0246. The minimum Gasteiger partial charge on any atom is -0.295 e. The number of sulfone groups is 1. The van der Waals surface area contributed by atoms with Crippen molar-refractivity contribution in [2.75, 3.05) is 0 Å². The third-order valence-corrected chi connectivity index (χ3v) is 7.98. The maximum atomic E-state index is 13.5. The highest BCUT2D eigenvalue weighted by Crippen LogP contribution is 2.42. The summed E-state index contributed by atoms with van der Waals surface area (Å²) >= 11 is 0. The summed E-state index contributed by atoms with van der Waals surface area (Å²) in [5, 5.41) is 0. The molecule has 0 saturated heterocycles. The lowest BCUT2D eigenvalue weighted by Crippen LogP contribution is -2.45. The van der Waals surface area contributed by atoms with E-state index in [0.29, 0.717) is 17.7 Å². The first-order chi connectivity index (χ1) is 12.3. The Morgan fingerprint density at radius 1 is 1.19 bits per heavy atom. The van der Waals surface area contributed by atoms with E-state index in [0.717, 1.165) is 25.7 Å². The van der Waals surface area contributed by atoms with Gasteiger partial charge >= 0.3 is 0 Å². The van der Waals surface area contributed by atoms with Crippen molar-refractivity contribution in [3.8, 4) is 0 Å². The molecule has 1 aliphatic rings. The first-order valence-electron chi connectivity index (χ1n) is 9.45. The SMILES string of the molecule is CC(C)=CCCCC[C@@H](C)[C@]1(S(=O)(=O)c2ccccc2)C=CC(=O)CC1. The fraction of sp³-hybridized carbons (Fsp3) is 0.500. The fourth-order valence-corrected chi connectivity index (χ4v) is 5.89. The predicted molar refractivity (Wildman–Crippen MR) is 107 cm³/mol. The van der Waals surface area contributed by atoms with E-state index < -0.39 is 14.6 Å². The summed E-state index contributed by atoms with van der Waals surface area (Å²) in [4.78, 5) is 12.1. The number of benzene rings is 1. The molecule has 26 heavy (non-hydrogen) atoms. The molecule has 0 spiro atoms. The number of hydrogen-bond acceptors (Lipinski definition) is 3. The second-order valence-corrected chi connectivity index (χ2v) is 9.78. The molecule has 4 heteroatoms. The number of carbonyl (C=O) groups is 1. The van der Waals surface area contributed by atoms with E-state index in [1.54, 1.807) is 30.3 Å². The van der Waals surface area contributed by atoms with E-state index in [2.05, 4.69) is 19.9 Å². The van der Waals surface area contributed by atoms with Crippen LogP contribution in [0.3, 0.4) is 0 Å². The molecule has 1 aromatic carbocycles. The summed E-state index contributed by atoms with van der Waals surface area (Å²) in [6.07, 6.45) is 9.94. The Kier molecular flexibility index (Phi) is 6.99. The zero-order valence-electron chi connectivity index (χ0n) is 16.1. The van der Waals surface area contributed by atoms with Crippen LogP contribution in [0, 0.1) is 5.92 Å². The summed E-state index contributed by atoms with van der Waals surface area (Å²) in [5.41, 5.74) is 1.31. The molecule has 0 fully saturated rings. The zero-order valence-corrected chi connectivity index (χ0v) is 16.9. The summed E-state index contributed by atoms with van der Waals surface area (Å²) in [7, 11) is -3.55. The average molecular weight is 375 g/mol. The Labute approximate surface area is 158 Å². The largest absolute Gasteiger partial charge is 0.295 e. The third kappa shape index (κ3) is 4.53. The van der Waals surface area contributed by atoms with E-state index in [4.69, 9.17) is 0 Å². The lowest BCUT2D eigenvalue weighted by Gasteiger charge is -2.38. The van der Waals surface area contributed by atoms with Crippen molar-refractivity contribution < 1.29 is 13.2 Å². The van der Waals surface area contributed by atoms with Gasteiger partial charge < -0.3 is 0 Å². The predicted octanol–water partition coefficient (Wildman–Crippen LogP) is 5.28. The van der Waals surface area contributed by atoms with Gasteiger partial charge in [-0.1, -0.05) is 49.3 Å². The Balaban J connectivity index is 2.24. The molecule has 0 aliphatic heterocycles. The van der Waals surface area contributed by atoms with Gasteiger partial charge in [0.25, 0.3) is 0 Å². The van der Waals surface area contributed by atoms with Crippen LogP contribution >= 0.6 is 0 Å². The van der Waals surface area contributed by atoms with Gasteiger partial charge in [-0.15, -0.1) is 0 Å². The first-order valence-corrected chi connectivity index (χ1v) is 10.9. The fourth-order valence-electron chi connectivity index (χ4n) is 3.67. The minimum atomic E-state index is -3.55. The Bertz CT molecular complexity index is 771. The molecule has 0 N–H and O–H groups in total. The number of hydrogen-bond donors (Lipinski definition) is 0. The summed E-state index contributed by atoms with van der Waals surface area (Å²) in [6.45, 7) is 6.20. The zero-order chi connectivity index (χ0) is 19.2. The highest BCUT2D eigenvalue weighted by atomic mass is 32.2. The van der Waals surface area contributed by atoms with Gasteiger partial charge in [0, 0.05) is 6.42 Å². The Morgan fingerprint density at radius 3 is 2.46 bits per heavy atom. The van der Waals surface area contributed by atoms with Crippen molar-refractivity contribution in [3.05, 3.63) is 54.1 Å². The number of ketones is 1. The molecule has 3 nitrogen and oxygen atoms in total. The lowest BCUT2D eigenvalue weighted by molar-refractivity contribution is -0.115. The van der Waals surface area contributed by atoms with Crippen LogP contribution < -0.4 is 0 Å². The van der Waals surface area contributed by atoms with Gasteiger partial charge in [-0.2, -0.15) is 0 Å². The van der Waals surface area contributed by atoms with Gasteiger partial charge in [0.1, 0.15) is 0 Å². The van der Waals surface area contributed by atoms with Gasteiger partial charge in [0.05, 0.1) is 9.64 Å². The molecule has 1 aliphatic carbocycles. The second kappa shape index (κ2) is 8.81. The molecule has 0 bridgehead atoms. The molecular weight excluding hydrogens is 344 g/mol. The number of unbranched alkanes of at least 4 members (excludes halogenated alkanes) is 2. The number of rotatable bonds is 8. The molecule has 0 heterocycles. The van der Waals surface area contributed by atoms with Gasteiger partial charge in [-0.3, -0.25) is 4.79 Å². The molecule has 0 amide bonds. The van der Waals surface area contributed by atoms with Crippen LogP contribution in [0.2, 0.25) is 0 Å². The molecule has 2 rings (SSSR count). The summed E-state index contributed by atoms with van der Waals surface area (Å²) < 4.78 is 25.9. The molecule has 1 aromatic rings. The highest BCUT2D eigenvalue weighted by Gasteiger charge is 2.47. The molecule has 0 unspecified atom stereocenters. The normalized spacial score (nSPS) is 21.4. The maximum Gasteiger partial charge on any atom is 0.187 e. The van der Waals surface area contributed by atoms with Crippen molar-refractivity contribution in [2.45, 2.75) is 68.9 Å². The first kappa shape index (κ1) is 20.6. The van der Waals surface area contributed by atoms with E-state index in [9.17, 15) is 13.2 Å². The van der Waals surface area contributed by atoms with E-state index in [1.165, 1.54) is 11.6 Å². The quantitative estimate of drug-likeness (QED) is 0.459. The van der Waals surface area contributed by atoms with Crippen LogP contribution in [0.5, 0.6) is 0 Å². The van der Waals surface area contributed by atoms with E-state index in [1.807, 2.05) is 13.0 Å². The Morgan fingerprint density at radius 2 is 1.88 bits per heavy atom. The molecule has 0 saturated carbocycles. The van der Waals surface area contributed by atoms with E-state index >= 15 is 0 Å². The standard InChI is InChI=1S/C22H30O3S/c1-18(2)10-6-4-7-11-19(3)22(16-14-20(23)15-17-22)26(24,25)21-12-8-5-9-13-21/h5,8-10,12-14,16,19H,4,6-7,11,15,17H2,1-3H3/t19-,22+/m1/s1. The molecule has 2 atom stereocenters. The van der Waals surface area contributed by atoms with Gasteiger partial charge in [0.2, 0.25) is 0 Å². The van der Waals surface area contributed by atoms with Crippen molar-refractivity contribution in [3.63, 3.8) is 0 Å². The maximum absolute atomic E-state index is 13.5. The van der Waals surface area contributed by atoms with Crippen LogP contribution in [0.15, 0.2) is 59.0 Å². The van der Waals surface area contributed by atoms with Gasteiger partial charge in [-0.25, -0.2) is 8.42 Å². The van der Waals surface area contributed by atoms with E-state index in [-0.39, 0.29) is 11.7 Å². The second-order valence-electron chi connectivity index (χ2n) is 7.54. The average Bonchev–Trinajstić information content (AvgIpc) is 2.62. The number of allylic oxidation sites excluding steroid dienone is 3. The van der Waals surface area contributed by atoms with Crippen molar-refractivity contribution in [1.29, 1.82) is 0 Å². The third-order valence-electron chi connectivity index (χ3n) is 5.35. The van der Waals surface area contributed by atoms with Crippen molar-refractivity contribution >= 4 is 15.6 Å². The molecule has 0 radical (unpaired) electrons. The van der Waals surface area contributed by atoms with Gasteiger partial charge in [-0.05, 0) is 63.7 Å². The number of carbonyl (C=O) groups excluding carboxylic acids is 1. The Hall–Kier alpha value is -1.68. The van der Waals surface area contributed by atoms with Crippen LogP contribution in [-0.4, -0.2) is 18.9 Å².